The van der Waals surface area contributed by atoms with Crippen LogP contribution >= 0.6 is 0 Å². The van der Waals surface area contributed by atoms with Gasteiger partial charge in [-0.2, -0.15) is 13.2 Å². The second-order valence-corrected chi connectivity index (χ2v) is 3.72. The molecule has 1 aromatic rings. The van der Waals surface area contributed by atoms with Gasteiger partial charge in [-0.05, 0) is 25.1 Å². The molecular formula is C10H10BF3O5. The van der Waals surface area contributed by atoms with Gasteiger partial charge in [0.1, 0.15) is 5.75 Å². The van der Waals surface area contributed by atoms with E-state index in [1.807, 2.05) is 0 Å². The summed E-state index contributed by atoms with van der Waals surface area (Å²) in [5.74, 6) is -1.67. The van der Waals surface area contributed by atoms with Crippen molar-refractivity contribution in [3.05, 3.63) is 23.8 Å². The molecule has 9 heteroatoms. The number of alkyl halides is 3. The van der Waals surface area contributed by atoms with Crippen molar-refractivity contribution in [2.24, 2.45) is 0 Å². The molecule has 5 nitrogen and oxygen atoms in total. The summed E-state index contributed by atoms with van der Waals surface area (Å²) in [4.78, 5) is 10.6. The molecule has 0 aromatic heterocycles. The minimum atomic E-state index is -4.65. The van der Waals surface area contributed by atoms with Gasteiger partial charge < -0.3 is 19.9 Å². The van der Waals surface area contributed by atoms with Crippen LogP contribution in [0.5, 0.6) is 5.75 Å². The number of carbonyl (C=O) groups is 1. The topological polar surface area (TPSA) is 87.0 Å². The highest BCUT2D eigenvalue weighted by Crippen LogP contribution is 2.29. The lowest BCUT2D eigenvalue weighted by molar-refractivity contribution is -0.144. The molecule has 0 heterocycles. The van der Waals surface area contributed by atoms with E-state index in [4.69, 9.17) is 19.9 Å². The second-order valence-electron chi connectivity index (χ2n) is 3.72. The van der Waals surface area contributed by atoms with Crippen molar-refractivity contribution in [1.82, 2.24) is 0 Å². The Kier molecular flexibility index (Phi) is 4.43. The van der Waals surface area contributed by atoms with E-state index in [1.54, 1.807) is 0 Å². The van der Waals surface area contributed by atoms with E-state index < -0.39 is 36.4 Å². The summed E-state index contributed by atoms with van der Waals surface area (Å²) >= 11 is 0. The van der Waals surface area contributed by atoms with E-state index in [0.29, 0.717) is 12.1 Å². The third-order valence-electron chi connectivity index (χ3n) is 2.27. The first-order valence-electron chi connectivity index (χ1n) is 5.09. The zero-order chi connectivity index (χ0) is 14.8. The maximum atomic E-state index is 12.5. The van der Waals surface area contributed by atoms with Gasteiger partial charge in [0.15, 0.2) is 6.10 Å². The molecule has 0 aliphatic carbocycles. The molecule has 1 aromatic carbocycles. The van der Waals surface area contributed by atoms with Gasteiger partial charge in [-0.1, -0.05) is 0 Å². The van der Waals surface area contributed by atoms with Gasteiger partial charge in [0.05, 0.1) is 5.56 Å². The monoisotopic (exact) mass is 278 g/mol. The number of rotatable bonds is 4. The third kappa shape index (κ3) is 3.86. The molecule has 0 spiro atoms. The van der Waals surface area contributed by atoms with E-state index in [9.17, 15) is 18.0 Å². The van der Waals surface area contributed by atoms with Crippen molar-refractivity contribution >= 4 is 18.6 Å². The van der Waals surface area contributed by atoms with Crippen molar-refractivity contribution in [3.63, 3.8) is 0 Å². The molecule has 0 amide bonds. The smallest absolute Gasteiger partial charge is 0.479 e. The third-order valence-corrected chi connectivity index (χ3v) is 2.27. The Bertz CT molecular complexity index is 475. The molecule has 104 valence electrons. The highest BCUT2D eigenvalue weighted by molar-refractivity contribution is 6.59. The molecule has 1 atom stereocenters. The van der Waals surface area contributed by atoms with Crippen molar-refractivity contribution in [2.75, 3.05) is 0 Å². The quantitative estimate of drug-likeness (QED) is 0.687. The zero-order valence-corrected chi connectivity index (χ0v) is 9.68. The SMILES string of the molecule is CC(Oc1ccc(C(F)(F)F)cc1B(O)O)C(=O)O. The van der Waals surface area contributed by atoms with Crippen LogP contribution in [0.15, 0.2) is 18.2 Å². The Balaban J connectivity index is 3.16. The molecule has 0 aliphatic rings. The molecule has 3 N–H and O–H groups in total. The summed E-state index contributed by atoms with van der Waals surface area (Å²) < 4.78 is 42.2. The van der Waals surface area contributed by atoms with Gasteiger partial charge in [-0.15, -0.1) is 0 Å². The molecular weight excluding hydrogens is 268 g/mol. The maximum absolute atomic E-state index is 12.5. The average Bonchev–Trinajstić information content (AvgIpc) is 2.27. The minimum absolute atomic E-state index is 0.335. The van der Waals surface area contributed by atoms with Crippen molar-refractivity contribution in [1.29, 1.82) is 0 Å². The van der Waals surface area contributed by atoms with Gasteiger partial charge in [0, 0.05) is 5.46 Å². The number of ether oxygens (including phenoxy) is 1. The average molecular weight is 278 g/mol. The lowest BCUT2D eigenvalue weighted by atomic mass is 9.78. The number of benzene rings is 1. The predicted molar refractivity (Wildman–Crippen MR) is 59.0 cm³/mol. The first-order valence-corrected chi connectivity index (χ1v) is 5.09. The number of halogens is 3. The van der Waals surface area contributed by atoms with Crippen LogP contribution in [0.2, 0.25) is 0 Å². The summed E-state index contributed by atoms with van der Waals surface area (Å²) in [7, 11) is -2.21. The van der Waals surface area contributed by atoms with Crippen LogP contribution in [0.25, 0.3) is 0 Å². The first kappa shape index (κ1) is 15.3. The van der Waals surface area contributed by atoms with Crippen molar-refractivity contribution in [3.8, 4) is 5.75 Å². The van der Waals surface area contributed by atoms with E-state index in [0.717, 1.165) is 13.0 Å². The Morgan fingerprint density at radius 3 is 2.37 bits per heavy atom. The van der Waals surface area contributed by atoms with E-state index in [2.05, 4.69) is 0 Å². The number of hydrogen-bond donors (Lipinski definition) is 3. The Morgan fingerprint density at radius 2 is 1.95 bits per heavy atom. The summed E-state index contributed by atoms with van der Waals surface area (Å²) in [6.45, 7) is 1.16. The summed E-state index contributed by atoms with van der Waals surface area (Å²) in [6.07, 6.45) is -5.99. The fraction of sp³-hybridized carbons (Fsp3) is 0.300. The normalized spacial score (nSPS) is 12.9. The van der Waals surface area contributed by atoms with Crippen LogP contribution in [0.1, 0.15) is 12.5 Å². The molecule has 0 saturated heterocycles. The summed E-state index contributed by atoms with van der Waals surface area (Å²) in [5.41, 5.74) is -1.64. The molecule has 0 bridgehead atoms. The van der Waals surface area contributed by atoms with Crippen LogP contribution in [0.4, 0.5) is 13.2 Å². The van der Waals surface area contributed by atoms with Gasteiger partial charge >= 0.3 is 19.3 Å². The highest BCUT2D eigenvalue weighted by Gasteiger charge is 2.33. The van der Waals surface area contributed by atoms with Crippen LogP contribution in [0, 0.1) is 0 Å². The number of aliphatic carboxylic acids is 1. The fourth-order valence-electron chi connectivity index (χ4n) is 1.27. The van der Waals surface area contributed by atoms with E-state index in [-0.39, 0.29) is 5.75 Å². The fourth-order valence-corrected chi connectivity index (χ4v) is 1.27. The van der Waals surface area contributed by atoms with Crippen molar-refractivity contribution < 1.29 is 37.9 Å². The maximum Gasteiger partial charge on any atom is 0.492 e. The van der Waals surface area contributed by atoms with Crippen LogP contribution in [-0.4, -0.2) is 34.3 Å². The van der Waals surface area contributed by atoms with Crippen LogP contribution in [0.3, 0.4) is 0 Å². The summed E-state index contributed by atoms with van der Waals surface area (Å²) in [6, 6.07) is 2.00. The number of carboxylic acids is 1. The Labute approximate surface area is 106 Å². The zero-order valence-electron chi connectivity index (χ0n) is 9.68. The molecule has 1 unspecified atom stereocenters. The van der Waals surface area contributed by atoms with Crippen LogP contribution in [-0.2, 0) is 11.0 Å². The minimum Gasteiger partial charge on any atom is -0.479 e. The summed E-state index contributed by atoms with van der Waals surface area (Å²) in [5, 5.41) is 26.6. The van der Waals surface area contributed by atoms with Gasteiger partial charge in [-0.25, -0.2) is 4.79 Å². The van der Waals surface area contributed by atoms with Crippen LogP contribution < -0.4 is 10.2 Å². The van der Waals surface area contributed by atoms with Crippen molar-refractivity contribution in [2.45, 2.75) is 19.2 Å². The first-order chi connectivity index (χ1) is 8.62. The largest absolute Gasteiger partial charge is 0.492 e. The molecule has 19 heavy (non-hydrogen) atoms. The highest BCUT2D eigenvalue weighted by atomic mass is 19.4. The molecule has 0 saturated carbocycles. The molecule has 1 rings (SSSR count). The molecule has 0 radical (unpaired) electrons. The van der Waals surface area contributed by atoms with Gasteiger partial charge in [0.2, 0.25) is 0 Å². The van der Waals surface area contributed by atoms with E-state index >= 15 is 0 Å². The van der Waals surface area contributed by atoms with Gasteiger partial charge in [-0.3, -0.25) is 0 Å². The lowest BCUT2D eigenvalue weighted by Crippen LogP contribution is -2.35. The lowest BCUT2D eigenvalue weighted by Gasteiger charge is -2.16. The standard InChI is InChI=1S/C10H10BF3O5/c1-5(9(15)16)19-8-3-2-6(10(12,13)14)4-7(8)11(17)18/h2-5,17-18H,1H3,(H,15,16). The van der Waals surface area contributed by atoms with E-state index in [1.165, 1.54) is 0 Å². The number of carboxylic acid groups (broad SMARTS) is 1. The second kappa shape index (κ2) is 5.49. The molecule has 0 fully saturated rings. The number of hydrogen-bond acceptors (Lipinski definition) is 4. The molecule has 0 aliphatic heterocycles. The predicted octanol–water partition coefficient (Wildman–Crippen LogP) is 0.237. The Morgan fingerprint density at radius 1 is 1.37 bits per heavy atom. The Hall–Kier alpha value is -1.74. The van der Waals surface area contributed by atoms with Gasteiger partial charge in [0.25, 0.3) is 0 Å².